The Balaban J connectivity index is 1.70. The van der Waals surface area contributed by atoms with Crippen molar-refractivity contribution >= 4 is 17.5 Å². The van der Waals surface area contributed by atoms with E-state index in [9.17, 15) is 14.3 Å². The maximum Gasteiger partial charge on any atom is 0.216 e. The predicted molar refractivity (Wildman–Crippen MR) is 125 cm³/mol. The molecule has 0 saturated carbocycles. The van der Waals surface area contributed by atoms with Crippen molar-refractivity contribution in [2.75, 3.05) is 19.6 Å². The van der Waals surface area contributed by atoms with Crippen LogP contribution in [0.25, 0.3) is 11.3 Å². The van der Waals surface area contributed by atoms with Gasteiger partial charge in [-0.15, -0.1) is 0 Å². The van der Waals surface area contributed by atoms with Crippen LogP contribution in [0.1, 0.15) is 41.6 Å². The third kappa shape index (κ3) is 4.67. The predicted octanol–water partition coefficient (Wildman–Crippen LogP) is 4.09. The van der Waals surface area contributed by atoms with Gasteiger partial charge in [-0.25, -0.2) is 4.39 Å². The quantitative estimate of drug-likeness (QED) is 0.504. The van der Waals surface area contributed by atoms with Gasteiger partial charge in [-0.2, -0.15) is 0 Å². The first kappa shape index (κ1) is 23.4. The molecule has 3 aromatic rings. The number of piperidine rings is 1. The first-order chi connectivity index (χ1) is 15.8. The monoisotopic (exact) mass is 471 g/mol. The number of hydrogen-bond acceptors (Lipinski definition) is 5. The molecule has 1 aliphatic rings. The van der Waals surface area contributed by atoms with Crippen molar-refractivity contribution in [1.82, 2.24) is 15.8 Å². The van der Waals surface area contributed by atoms with Gasteiger partial charge in [-0.05, 0) is 49.1 Å². The van der Waals surface area contributed by atoms with E-state index in [4.69, 9.17) is 16.1 Å². The van der Waals surface area contributed by atoms with E-state index in [-0.39, 0.29) is 11.7 Å². The smallest absolute Gasteiger partial charge is 0.216 e. The zero-order chi connectivity index (χ0) is 23.6. The molecule has 2 atom stereocenters. The van der Waals surface area contributed by atoms with E-state index in [1.165, 1.54) is 13.0 Å². The van der Waals surface area contributed by atoms with E-state index >= 15 is 0 Å². The summed E-state index contributed by atoms with van der Waals surface area (Å²) >= 11 is 6.78. The Morgan fingerprint density at radius 1 is 1.36 bits per heavy atom. The normalized spacial score (nSPS) is 20.6. The molecule has 2 aromatic carbocycles. The fourth-order valence-corrected chi connectivity index (χ4v) is 4.71. The Hall–Kier alpha value is -2.74. The lowest BCUT2D eigenvalue weighted by molar-refractivity contribution is -0.118. The number of benzene rings is 2. The van der Waals surface area contributed by atoms with Gasteiger partial charge in [0.15, 0.2) is 5.76 Å². The van der Waals surface area contributed by atoms with E-state index in [0.29, 0.717) is 60.1 Å². The maximum absolute atomic E-state index is 14.3. The first-order valence-corrected chi connectivity index (χ1v) is 11.4. The fourth-order valence-electron chi connectivity index (χ4n) is 4.41. The van der Waals surface area contributed by atoms with Crippen LogP contribution in [-0.4, -0.2) is 35.8 Å². The van der Waals surface area contributed by atoms with Gasteiger partial charge >= 0.3 is 0 Å². The summed E-state index contributed by atoms with van der Waals surface area (Å²) in [7, 11) is 0. The zero-order valence-electron chi connectivity index (χ0n) is 18.6. The van der Waals surface area contributed by atoms with Crippen LogP contribution < -0.4 is 10.6 Å². The number of carbonyl (C=O) groups excluding carboxylic acids is 1. The van der Waals surface area contributed by atoms with E-state index in [1.807, 2.05) is 24.3 Å². The maximum atomic E-state index is 14.3. The second-order valence-corrected chi connectivity index (χ2v) is 8.87. The van der Waals surface area contributed by atoms with Crippen molar-refractivity contribution in [3.63, 3.8) is 0 Å². The van der Waals surface area contributed by atoms with Crippen LogP contribution in [0.4, 0.5) is 4.39 Å². The number of nitrogens with zero attached hydrogens (tertiary/aromatic N) is 1. The average molecular weight is 472 g/mol. The van der Waals surface area contributed by atoms with Crippen molar-refractivity contribution in [3.8, 4) is 11.3 Å². The van der Waals surface area contributed by atoms with Gasteiger partial charge < -0.3 is 20.3 Å². The summed E-state index contributed by atoms with van der Waals surface area (Å²) in [6.07, 6.45) is 0.978. The zero-order valence-corrected chi connectivity index (χ0v) is 19.4. The lowest BCUT2D eigenvalue weighted by atomic mass is 9.74. The van der Waals surface area contributed by atoms with Gasteiger partial charge in [0.1, 0.15) is 22.1 Å². The summed E-state index contributed by atoms with van der Waals surface area (Å²) in [5.41, 5.74) is 1.83. The van der Waals surface area contributed by atoms with Crippen LogP contribution in [0, 0.1) is 12.7 Å². The summed E-state index contributed by atoms with van der Waals surface area (Å²) < 4.78 is 20.0. The standard InChI is InChI=1S/C25H27ClFN3O3/c1-15-7-8-18(13-21(15)27)25(32)10-12-28-14-20(25)23-22(26)24(33-30-23)19-6-4-3-5-17(19)9-11-29-16(2)31/h3-8,13,20,28,32H,9-12,14H2,1-2H3,(H,29,31)/t20-,25+/m1/s1. The number of carbonyl (C=O) groups is 1. The van der Waals surface area contributed by atoms with Gasteiger partial charge in [0.2, 0.25) is 5.91 Å². The van der Waals surface area contributed by atoms with E-state index in [2.05, 4.69) is 15.8 Å². The number of amides is 1. The molecule has 33 heavy (non-hydrogen) atoms. The van der Waals surface area contributed by atoms with Crippen molar-refractivity contribution in [2.45, 2.75) is 38.2 Å². The van der Waals surface area contributed by atoms with Crippen LogP contribution in [0.3, 0.4) is 0 Å². The number of rotatable bonds is 6. The topological polar surface area (TPSA) is 87.4 Å². The van der Waals surface area contributed by atoms with Gasteiger partial charge in [-0.1, -0.05) is 53.2 Å². The number of aliphatic hydroxyl groups is 1. The van der Waals surface area contributed by atoms with Crippen LogP contribution in [0.15, 0.2) is 47.0 Å². The molecule has 174 valence electrons. The Morgan fingerprint density at radius 2 is 2.15 bits per heavy atom. The fraction of sp³-hybridized carbons (Fsp3) is 0.360. The lowest BCUT2D eigenvalue weighted by Crippen LogP contribution is -2.47. The molecule has 0 bridgehead atoms. The molecule has 4 rings (SSSR count). The van der Waals surface area contributed by atoms with Crippen molar-refractivity contribution in [3.05, 3.63) is 75.7 Å². The summed E-state index contributed by atoms with van der Waals surface area (Å²) in [6.45, 7) is 4.65. The molecular formula is C25H27ClFN3O3. The van der Waals surface area contributed by atoms with Gasteiger partial charge in [-0.3, -0.25) is 4.79 Å². The Morgan fingerprint density at radius 3 is 2.91 bits per heavy atom. The van der Waals surface area contributed by atoms with Crippen LogP contribution >= 0.6 is 11.6 Å². The highest BCUT2D eigenvalue weighted by atomic mass is 35.5. The lowest BCUT2D eigenvalue weighted by Gasteiger charge is -2.40. The van der Waals surface area contributed by atoms with E-state index < -0.39 is 11.5 Å². The molecule has 0 aliphatic carbocycles. The second kappa shape index (κ2) is 9.63. The molecule has 2 heterocycles. The summed E-state index contributed by atoms with van der Waals surface area (Å²) in [5.74, 6) is -0.569. The molecule has 1 amide bonds. The molecule has 1 saturated heterocycles. The third-order valence-electron chi connectivity index (χ3n) is 6.30. The van der Waals surface area contributed by atoms with Crippen molar-refractivity contribution < 1.29 is 18.8 Å². The molecule has 1 aliphatic heterocycles. The highest BCUT2D eigenvalue weighted by Gasteiger charge is 2.44. The molecule has 0 spiro atoms. The summed E-state index contributed by atoms with van der Waals surface area (Å²) in [6, 6.07) is 12.4. The minimum Gasteiger partial charge on any atom is -0.384 e. The van der Waals surface area contributed by atoms with Crippen molar-refractivity contribution in [1.29, 1.82) is 0 Å². The largest absolute Gasteiger partial charge is 0.384 e. The van der Waals surface area contributed by atoms with Gasteiger partial charge in [0, 0.05) is 25.6 Å². The Labute approximate surface area is 197 Å². The highest BCUT2D eigenvalue weighted by molar-refractivity contribution is 6.33. The van der Waals surface area contributed by atoms with E-state index in [1.54, 1.807) is 19.1 Å². The molecule has 8 heteroatoms. The number of aryl methyl sites for hydroxylation is 1. The van der Waals surface area contributed by atoms with Crippen LogP contribution in [-0.2, 0) is 16.8 Å². The molecule has 0 unspecified atom stereocenters. The molecule has 1 aromatic heterocycles. The van der Waals surface area contributed by atoms with E-state index in [0.717, 1.165) is 11.1 Å². The number of hydrogen-bond donors (Lipinski definition) is 3. The number of aromatic nitrogens is 1. The molecule has 3 N–H and O–H groups in total. The molecular weight excluding hydrogens is 445 g/mol. The third-order valence-corrected chi connectivity index (χ3v) is 6.66. The molecule has 0 radical (unpaired) electrons. The molecule has 6 nitrogen and oxygen atoms in total. The minimum absolute atomic E-state index is 0.0934. The van der Waals surface area contributed by atoms with Crippen LogP contribution in [0.5, 0.6) is 0 Å². The van der Waals surface area contributed by atoms with Crippen molar-refractivity contribution in [2.24, 2.45) is 0 Å². The minimum atomic E-state index is -1.34. The van der Waals surface area contributed by atoms with Gasteiger partial charge in [0.25, 0.3) is 0 Å². The second-order valence-electron chi connectivity index (χ2n) is 8.50. The Kier molecular flexibility index (Phi) is 6.83. The first-order valence-electron chi connectivity index (χ1n) is 11.0. The number of halogens is 2. The summed E-state index contributed by atoms with van der Waals surface area (Å²) in [5, 5.41) is 22.4. The van der Waals surface area contributed by atoms with Gasteiger partial charge in [0.05, 0.1) is 5.92 Å². The average Bonchev–Trinajstić information content (AvgIpc) is 3.17. The summed E-state index contributed by atoms with van der Waals surface area (Å²) in [4.78, 5) is 11.2. The Bertz CT molecular complexity index is 1170. The SMILES string of the molecule is CC(=O)NCCc1ccccc1-c1onc([C@H]2CNCC[C@]2(O)c2ccc(C)c(F)c2)c1Cl. The molecule has 1 fully saturated rings. The van der Waals surface area contributed by atoms with Crippen LogP contribution in [0.2, 0.25) is 5.02 Å². The highest BCUT2D eigenvalue weighted by Crippen LogP contribution is 2.45. The number of nitrogens with one attached hydrogen (secondary N) is 2.